The molecule has 1 fully saturated rings. The van der Waals surface area contributed by atoms with E-state index in [9.17, 15) is 0 Å². The van der Waals surface area contributed by atoms with Gasteiger partial charge >= 0.3 is 0 Å². The van der Waals surface area contributed by atoms with Crippen molar-refractivity contribution in [2.45, 2.75) is 45.1 Å². The number of rotatable bonds is 6. The van der Waals surface area contributed by atoms with E-state index in [1.54, 1.807) is 0 Å². The Morgan fingerprint density at radius 2 is 2.28 bits per heavy atom. The van der Waals surface area contributed by atoms with Crippen molar-refractivity contribution in [2.75, 3.05) is 13.2 Å². The lowest BCUT2D eigenvalue weighted by atomic mass is 10.1. The minimum absolute atomic E-state index is 0.676. The molecule has 0 radical (unpaired) electrons. The Balaban J connectivity index is 1.44. The molecule has 0 amide bonds. The van der Waals surface area contributed by atoms with Gasteiger partial charge in [-0.15, -0.1) is 0 Å². The highest BCUT2D eigenvalue weighted by atomic mass is 16.5. The van der Waals surface area contributed by atoms with Crippen LogP contribution in [0.15, 0.2) is 18.2 Å². The zero-order valence-electron chi connectivity index (χ0n) is 11.2. The lowest BCUT2D eigenvalue weighted by Gasteiger charge is -2.13. The summed E-state index contributed by atoms with van der Waals surface area (Å²) in [5, 5.41) is 3.64. The average Bonchev–Trinajstić information content (AvgIpc) is 3.05. The zero-order chi connectivity index (χ0) is 12.4. The first-order chi connectivity index (χ1) is 8.81. The summed E-state index contributed by atoms with van der Waals surface area (Å²) in [4.78, 5) is 0. The van der Waals surface area contributed by atoms with Crippen LogP contribution >= 0.6 is 0 Å². The standard InChI is InChI=1S/C16H23NO/c1-12(10-13-2-3-13)17-8-6-14-4-5-16-15(11-14)7-9-18-16/h4-5,11-13,17H,2-3,6-10H2,1H3. The predicted molar refractivity (Wildman–Crippen MR) is 74.2 cm³/mol. The third-order valence-corrected chi connectivity index (χ3v) is 4.04. The highest BCUT2D eigenvalue weighted by molar-refractivity contribution is 5.39. The highest BCUT2D eigenvalue weighted by Crippen LogP contribution is 2.33. The Morgan fingerprint density at radius 3 is 3.11 bits per heavy atom. The van der Waals surface area contributed by atoms with Gasteiger partial charge in [-0.05, 0) is 49.4 Å². The van der Waals surface area contributed by atoms with Gasteiger partial charge in [0.1, 0.15) is 5.75 Å². The first kappa shape index (κ1) is 12.0. The maximum absolute atomic E-state index is 5.53. The van der Waals surface area contributed by atoms with Crippen molar-refractivity contribution in [3.8, 4) is 5.75 Å². The molecule has 1 unspecified atom stereocenters. The molecule has 0 spiro atoms. The van der Waals surface area contributed by atoms with Gasteiger partial charge in [-0.2, -0.15) is 0 Å². The number of fused-ring (bicyclic) bond motifs is 1. The van der Waals surface area contributed by atoms with Crippen LogP contribution in [0, 0.1) is 5.92 Å². The minimum Gasteiger partial charge on any atom is -0.493 e. The Kier molecular flexibility index (Phi) is 3.55. The largest absolute Gasteiger partial charge is 0.493 e. The second-order valence-electron chi connectivity index (χ2n) is 5.82. The SMILES string of the molecule is CC(CC1CC1)NCCc1ccc2c(c1)CCO2. The number of nitrogens with one attached hydrogen (secondary N) is 1. The van der Waals surface area contributed by atoms with E-state index in [-0.39, 0.29) is 0 Å². The smallest absolute Gasteiger partial charge is 0.122 e. The van der Waals surface area contributed by atoms with E-state index in [2.05, 4.69) is 30.4 Å². The molecule has 0 bridgehead atoms. The lowest BCUT2D eigenvalue weighted by Crippen LogP contribution is -2.28. The van der Waals surface area contributed by atoms with Crippen molar-refractivity contribution in [3.63, 3.8) is 0 Å². The van der Waals surface area contributed by atoms with E-state index in [1.165, 1.54) is 30.4 Å². The maximum atomic E-state index is 5.53. The van der Waals surface area contributed by atoms with E-state index in [4.69, 9.17) is 4.74 Å². The van der Waals surface area contributed by atoms with Crippen molar-refractivity contribution in [3.05, 3.63) is 29.3 Å². The van der Waals surface area contributed by atoms with E-state index >= 15 is 0 Å². The van der Waals surface area contributed by atoms with Crippen LogP contribution < -0.4 is 10.1 Å². The molecule has 1 heterocycles. The van der Waals surface area contributed by atoms with Crippen molar-refractivity contribution in [1.82, 2.24) is 5.32 Å². The lowest BCUT2D eigenvalue weighted by molar-refractivity contribution is 0.357. The van der Waals surface area contributed by atoms with Gasteiger partial charge in [0, 0.05) is 12.5 Å². The second-order valence-corrected chi connectivity index (χ2v) is 5.82. The summed E-state index contributed by atoms with van der Waals surface area (Å²) in [5.41, 5.74) is 2.82. The fourth-order valence-corrected chi connectivity index (χ4v) is 2.80. The normalized spacial score (nSPS) is 19.4. The van der Waals surface area contributed by atoms with E-state index in [0.29, 0.717) is 6.04 Å². The molecule has 0 aromatic heterocycles. The van der Waals surface area contributed by atoms with Crippen LogP contribution in [0.25, 0.3) is 0 Å². The summed E-state index contributed by atoms with van der Waals surface area (Å²) in [6, 6.07) is 7.33. The zero-order valence-corrected chi connectivity index (χ0v) is 11.2. The summed E-state index contributed by atoms with van der Waals surface area (Å²) < 4.78 is 5.53. The topological polar surface area (TPSA) is 21.3 Å². The van der Waals surface area contributed by atoms with E-state index in [1.807, 2.05) is 0 Å². The van der Waals surface area contributed by atoms with Crippen LogP contribution in [0.5, 0.6) is 5.75 Å². The monoisotopic (exact) mass is 245 g/mol. The van der Waals surface area contributed by atoms with Crippen molar-refractivity contribution >= 4 is 0 Å². The molecule has 18 heavy (non-hydrogen) atoms. The summed E-state index contributed by atoms with van der Waals surface area (Å²) >= 11 is 0. The van der Waals surface area contributed by atoms with Crippen LogP contribution in [-0.2, 0) is 12.8 Å². The third kappa shape index (κ3) is 3.05. The molecule has 1 aliphatic carbocycles. The number of benzene rings is 1. The number of hydrogen-bond donors (Lipinski definition) is 1. The van der Waals surface area contributed by atoms with Crippen molar-refractivity contribution in [1.29, 1.82) is 0 Å². The van der Waals surface area contributed by atoms with Gasteiger partial charge in [0.2, 0.25) is 0 Å². The molecule has 1 N–H and O–H groups in total. The molecule has 1 saturated carbocycles. The molecule has 2 nitrogen and oxygen atoms in total. The van der Waals surface area contributed by atoms with Crippen LogP contribution in [0.3, 0.4) is 0 Å². The van der Waals surface area contributed by atoms with E-state index in [0.717, 1.165) is 37.7 Å². The molecular formula is C16H23NO. The summed E-state index contributed by atoms with van der Waals surface area (Å²) in [6.07, 6.45) is 6.47. The van der Waals surface area contributed by atoms with Gasteiger partial charge in [0.15, 0.2) is 0 Å². The summed E-state index contributed by atoms with van der Waals surface area (Å²) in [5.74, 6) is 2.11. The molecule has 0 saturated heterocycles. The third-order valence-electron chi connectivity index (χ3n) is 4.04. The minimum atomic E-state index is 0.676. The number of hydrogen-bond acceptors (Lipinski definition) is 2. The second kappa shape index (κ2) is 5.31. The highest BCUT2D eigenvalue weighted by Gasteiger charge is 2.23. The summed E-state index contributed by atoms with van der Waals surface area (Å²) in [7, 11) is 0. The Hall–Kier alpha value is -1.02. The molecule has 3 rings (SSSR count). The van der Waals surface area contributed by atoms with Gasteiger partial charge in [-0.3, -0.25) is 0 Å². The van der Waals surface area contributed by atoms with Crippen LogP contribution in [0.2, 0.25) is 0 Å². The Bertz CT molecular complexity index is 412. The van der Waals surface area contributed by atoms with Gasteiger partial charge < -0.3 is 10.1 Å². The number of ether oxygens (including phenoxy) is 1. The molecule has 1 atom stereocenters. The molecule has 98 valence electrons. The molecule has 2 heteroatoms. The Morgan fingerprint density at radius 1 is 1.39 bits per heavy atom. The molecule has 1 aromatic rings. The molecule has 2 aliphatic rings. The first-order valence-corrected chi connectivity index (χ1v) is 7.29. The average molecular weight is 245 g/mol. The van der Waals surface area contributed by atoms with Crippen molar-refractivity contribution < 1.29 is 4.74 Å². The fraction of sp³-hybridized carbons (Fsp3) is 0.625. The van der Waals surface area contributed by atoms with Gasteiger partial charge in [-0.1, -0.05) is 25.0 Å². The van der Waals surface area contributed by atoms with Gasteiger partial charge in [0.25, 0.3) is 0 Å². The van der Waals surface area contributed by atoms with Gasteiger partial charge in [-0.25, -0.2) is 0 Å². The molecular weight excluding hydrogens is 222 g/mol. The quantitative estimate of drug-likeness (QED) is 0.832. The van der Waals surface area contributed by atoms with Gasteiger partial charge in [0.05, 0.1) is 6.61 Å². The van der Waals surface area contributed by atoms with Crippen LogP contribution in [0.1, 0.15) is 37.3 Å². The molecule has 1 aliphatic heterocycles. The predicted octanol–water partition coefficient (Wildman–Crippen LogP) is 2.94. The molecule has 1 aromatic carbocycles. The Labute approximate surface area is 110 Å². The van der Waals surface area contributed by atoms with Crippen molar-refractivity contribution in [2.24, 2.45) is 5.92 Å². The van der Waals surface area contributed by atoms with Crippen LogP contribution in [-0.4, -0.2) is 19.2 Å². The maximum Gasteiger partial charge on any atom is 0.122 e. The first-order valence-electron chi connectivity index (χ1n) is 7.29. The summed E-state index contributed by atoms with van der Waals surface area (Å²) in [6.45, 7) is 4.26. The van der Waals surface area contributed by atoms with Crippen LogP contribution in [0.4, 0.5) is 0 Å². The fourth-order valence-electron chi connectivity index (χ4n) is 2.80. The van der Waals surface area contributed by atoms with E-state index < -0.39 is 0 Å².